The smallest absolute Gasteiger partial charge is 0.242 e. The molecule has 0 amide bonds. The highest BCUT2D eigenvalue weighted by Crippen LogP contribution is 2.34. The molecule has 0 saturated heterocycles. The van der Waals surface area contributed by atoms with Crippen molar-refractivity contribution in [2.75, 3.05) is 0 Å². The molecule has 16 heavy (non-hydrogen) atoms. The zero-order valence-corrected chi connectivity index (χ0v) is 10.9. The largest absolute Gasteiger partial charge is 0.544 e. The molecule has 0 N–H and O–H groups in total. The van der Waals surface area contributed by atoms with E-state index in [4.69, 9.17) is 4.43 Å². The molecule has 1 aromatic rings. The van der Waals surface area contributed by atoms with Gasteiger partial charge < -0.3 is 4.43 Å². The van der Waals surface area contributed by atoms with E-state index in [1.54, 1.807) is 0 Å². The molecule has 1 aliphatic carbocycles. The third kappa shape index (κ3) is 2.09. The van der Waals surface area contributed by atoms with Gasteiger partial charge in [-0.25, -0.2) is 0 Å². The van der Waals surface area contributed by atoms with E-state index in [9.17, 15) is 4.79 Å². The average Bonchev–Trinajstić information content (AvgIpc) is 2.55. The predicted octanol–water partition coefficient (Wildman–Crippen LogP) is 3.00. The lowest BCUT2D eigenvalue weighted by molar-refractivity contribution is -0.104. The number of rotatable bonds is 3. The van der Waals surface area contributed by atoms with E-state index < -0.39 is 8.32 Å². The Hall–Kier alpha value is -1.35. The monoisotopic (exact) mass is 232 g/mol. The van der Waals surface area contributed by atoms with Crippen molar-refractivity contribution in [1.29, 1.82) is 0 Å². The zero-order valence-electron chi connectivity index (χ0n) is 9.91. The SMILES string of the molecule is C[Si](C)(C)OC1=C(C=O)Cc2ccccc21. The van der Waals surface area contributed by atoms with Crippen molar-refractivity contribution in [2.24, 2.45) is 0 Å². The fourth-order valence-electron chi connectivity index (χ4n) is 1.88. The molecular formula is C13H16O2Si. The summed E-state index contributed by atoms with van der Waals surface area (Å²) >= 11 is 0. The summed E-state index contributed by atoms with van der Waals surface area (Å²) < 4.78 is 6.02. The molecule has 1 aromatic carbocycles. The van der Waals surface area contributed by atoms with Crippen LogP contribution in [0.2, 0.25) is 19.6 Å². The Balaban J connectivity index is 2.42. The van der Waals surface area contributed by atoms with Gasteiger partial charge in [-0.15, -0.1) is 0 Å². The molecule has 1 aliphatic rings. The molecule has 0 aromatic heterocycles. The van der Waals surface area contributed by atoms with Crippen LogP contribution in [0.5, 0.6) is 0 Å². The van der Waals surface area contributed by atoms with E-state index in [1.807, 2.05) is 18.2 Å². The van der Waals surface area contributed by atoms with E-state index in [1.165, 1.54) is 5.56 Å². The first-order chi connectivity index (χ1) is 7.51. The Kier molecular flexibility index (Phi) is 2.72. The highest BCUT2D eigenvalue weighted by molar-refractivity contribution is 6.70. The summed E-state index contributed by atoms with van der Waals surface area (Å²) in [5.74, 6) is 0.810. The summed E-state index contributed by atoms with van der Waals surface area (Å²) in [6.45, 7) is 6.38. The second-order valence-electron chi connectivity index (χ2n) is 5.02. The molecule has 3 heteroatoms. The molecule has 2 rings (SSSR count). The van der Waals surface area contributed by atoms with Gasteiger partial charge in [-0.1, -0.05) is 24.3 Å². The highest BCUT2D eigenvalue weighted by atomic mass is 28.4. The lowest BCUT2D eigenvalue weighted by Gasteiger charge is -2.21. The Morgan fingerprint density at radius 1 is 1.25 bits per heavy atom. The molecule has 0 fully saturated rings. The maximum atomic E-state index is 11.0. The quantitative estimate of drug-likeness (QED) is 0.591. The normalized spacial score (nSPS) is 14.9. The van der Waals surface area contributed by atoms with E-state index in [2.05, 4.69) is 25.7 Å². The maximum absolute atomic E-state index is 11.0. The minimum atomic E-state index is -1.67. The van der Waals surface area contributed by atoms with Crippen molar-refractivity contribution in [2.45, 2.75) is 26.1 Å². The molecule has 0 atom stereocenters. The molecule has 0 radical (unpaired) electrons. The Morgan fingerprint density at radius 3 is 2.56 bits per heavy atom. The third-order valence-corrected chi connectivity index (χ3v) is 3.30. The van der Waals surface area contributed by atoms with Crippen molar-refractivity contribution in [3.8, 4) is 0 Å². The highest BCUT2D eigenvalue weighted by Gasteiger charge is 2.27. The molecule has 0 aliphatic heterocycles. The molecule has 84 valence electrons. The standard InChI is InChI=1S/C13H16O2Si/c1-16(2,3)15-13-11(9-14)8-10-6-4-5-7-12(10)13/h4-7,9H,8H2,1-3H3. The van der Waals surface area contributed by atoms with Gasteiger partial charge in [0.05, 0.1) is 0 Å². The summed E-state index contributed by atoms with van der Waals surface area (Å²) in [6, 6.07) is 8.07. The van der Waals surface area contributed by atoms with Crippen LogP contribution in [0.25, 0.3) is 5.76 Å². The second kappa shape index (κ2) is 3.90. The minimum absolute atomic E-state index is 0.708. The number of benzene rings is 1. The second-order valence-corrected chi connectivity index (χ2v) is 9.45. The number of allylic oxidation sites excluding steroid dienone is 1. The number of hydrogen-bond acceptors (Lipinski definition) is 2. The molecule has 0 unspecified atom stereocenters. The van der Waals surface area contributed by atoms with Crippen LogP contribution in [0.4, 0.5) is 0 Å². The van der Waals surface area contributed by atoms with Crippen molar-refractivity contribution in [3.05, 3.63) is 41.0 Å². The van der Waals surface area contributed by atoms with Crippen molar-refractivity contribution in [3.63, 3.8) is 0 Å². The predicted molar refractivity (Wildman–Crippen MR) is 67.6 cm³/mol. The lowest BCUT2D eigenvalue weighted by Crippen LogP contribution is -2.24. The summed E-state index contributed by atoms with van der Waals surface area (Å²) in [5.41, 5.74) is 3.06. The van der Waals surface area contributed by atoms with Crippen LogP contribution in [0.3, 0.4) is 0 Å². The zero-order chi connectivity index (χ0) is 11.8. The molecular weight excluding hydrogens is 216 g/mol. The maximum Gasteiger partial charge on any atom is 0.242 e. The van der Waals surface area contributed by atoms with Crippen LogP contribution in [-0.2, 0) is 15.6 Å². The molecule has 0 spiro atoms. The van der Waals surface area contributed by atoms with Crippen LogP contribution < -0.4 is 0 Å². The van der Waals surface area contributed by atoms with Crippen LogP contribution in [0.1, 0.15) is 11.1 Å². The van der Waals surface area contributed by atoms with Crippen molar-refractivity contribution in [1.82, 2.24) is 0 Å². The number of hydrogen-bond donors (Lipinski definition) is 0. The van der Waals surface area contributed by atoms with Gasteiger partial charge in [0.1, 0.15) is 12.0 Å². The first-order valence-corrected chi connectivity index (χ1v) is 8.88. The topological polar surface area (TPSA) is 26.3 Å². The van der Waals surface area contributed by atoms with Gasteiger partial charge in [0.15, 0.2) is 0 Å². The summed E-state index contributed by atoms with van der Waals surface area (Å²) in [6.07, 6.45) is 1.63. The van der Waals surface area contributed by atoms with Gasteiger partial charge in [0.2, 0.25) is 8.32 Å². The molecule has 0 bridgehead atoms. The van der Waals surface area contributed by atoms with Crippen LogP contribution in [0, 0.1) is 0 Å². The summed E-state index contributed by atoms with van der Waals surface area (Å²) in [5, 5.41) is 0. The Bertz CT molecular complexity index is 455. The van der Waals surface area contributed by atoms with Gasteiger partial charge in [-0.3, -0.25) is 4.79 Å². The molecule has 2 nitrogen and oxygen atoms in total. The number of carbonyl (C=O) groups is 1. The van der Waals surface area contributed by atoms with Crippen LogP contribution in [-0.4, -0.2) is 14.6 Å². The first kappa shape index (κ1) is 11.1. The number of aldehydes is 1. The van der Waals surface area contributed by atoms with E-state index in [0.29, 0.717) is 6.42 Å². The van der Waals surface area contributed by atoms with Crippen LogP contribution >= 0.6 is 0 Å². The lowest BCUT2D eigenvalue weighted by atomic mass is 10.1. The van der Waals surface area contributed by atoms with Gasteiger partial charge in [0, 0.05) is 17.6 Å². The fraction of sp³-hybridized carbons (Fsp3) is 0.308. The average molecular weight is 232 g/mol. The minimum Gasteiger partial charge on any atom is -0.544 e. The number of carbonyl (C=O) groups excluding carboxylic acids is 1. The van der Waals surface area contributed by atoms with Crippen molar-refractivity contribution >= 4 is 20.4 Å². The van der Waals surface area contributed by atoms with Crippen LogP contribution in [0.15, 0.2) is 29.8 Å². The van der Waals surface area contributed by atoms with Crippen molar-refractivity contribution < 1.29 is 9.22 Å². The fourth-order valence-corrected chi connectivity index (χ4v) is 2.73. The van der Waals surface area contributed by atoms with E-state index in [0.717, 1.165) is 23.2 Å². The molecule has 0 heterocycles. The summed E-state index contributed by atoms with van der Waals surface area (Å²) in [7, 11) is -1.67. The van der Waals surface area contributed by atoms with E-state index in [-0.39, 0.29) is 0 Å². The van der Waals surface area contributed by atoms with Gasteiger partial charge in [-0.2, -0.15) is 0 Å². The molecule has 0 saturated carbocycles. The Morgan fingerprint density at radius 2 is 1.94 bits per heavy atom. The van der Waals surface area contributed by atoms with Gasteiger partial charge >= 0.3 is 0 Å². The number of fused-ring (bicyclic) bond motifs is 1. The first-order valence-electron chi connectivity index (χ1n) is 5.47. The van der Waals surface area contributed by atoms with Gasteiger partial charge in [0.25, 0.3) is 0 Å². The third-order valence-electron chi connectivity index (χ3n) is 2.49. The summed E-state index contributed by atoms with van der Waals surface area (Å²) in [4.78, 5) is 11.0. The van der Waals surface area contributed by atoms with E-state index >= 15 is 0 Å². The van der Waals surface area contributed by atoms with Gasteiger partial charge in [-0.05, 0) is 25.2 Å². The Labute approximate surface area is 97.1 Å².